The van der Waals surface area contributed by atoms with E-state index in [1.165, 1.54) is 12.1 Å². The van der Waals surface area contributed by atoms with Crippen molar-refractivity contribution in [2.24, 2.45) is 0 Å². The van der Waals surface area contributed by atoms with Gasteiger partial charge in [-0.2, -0.15) is 0 Å². The summed E-state index contributed by atoms with van der Waals surface area (Å²) in [5.74, 6) is -0.191. The molecule has 0 saturated heterocycles. The number of phenols is 1. The number of rotatable bonds is 2. The Hall–Kier alpha value is -0.830. The molecule has 0 amide bonds. The summed E-state index contributed by atoms with van der Waals surface area (Å²) >= 11 is 4.24. The summed E-state index contributed by atoms with van der Waals surface area (Å²) in [7, 11) is 0. The molecule has 0 spiro atoms. The number of esters is 1. The van der Waals surface area contributed by atoms with E-state index in [0.29, 0.717) is 5.75 Å². The normalized spacial score (nSPS) is 7.91. The van der Waals surface area contributed by atoms with Crippen LogP contribution >= 0.6 is 37.2 Å². The third-order valence-corrected chi connectivity index (χ3v) is 2.08. The molecule has 5 heteroatoms. The van der Waals surface area contributed by atoms with Crippen LogP contribution in [0.1, 0.15) is 38.1 Å². The van der Waals surface area contributed by atoms with Crippen molar-refractivity contribution >= 4 is 43.2 Å². The molecule has 3 nitrogen and oxygen atoms in total. The van der Waals surface area contributed by atoms with E-state index in [2.05, 4.69) is 37.2 Å². The average Bonchev–Trinajstić information content (AvgIpc) is 2.61. The van der Waals surface area contributed by atoms with Gasteiger partial charge in [0, 0.05) is 37.2 Å². The maximum Gasteiger partial charge on any atom is 0.347 e. The Balaban J connectivity index is 0. The highest BCUT2D eigenvalue weighted by Gasteiger charge is 2.12. The van der Waals surface area contributed by atoms with Gasteiger partial charge >= 0.3 is 5.97 Å². The minimum Gasteiger partial charge on any atom is -0.507 e. The molecule has 122 valence electrons. The number of hydrogen-bond donors (Lipinski definition) is 1. The first-order chi connectivity index (χ1) is 10.8. The Kier molecular flexibility index (Phi) is 17.6. The Morgan fingerprint density at radius 2 is 1.32 bits per heavy atom. The predicted octanol–water partition coefficient (Wildman–Crippen LogP) is 6.44. The van der Waals surface area contributed by atoms with Gasteiger partial charge < -0.3 is 9.84 Å². The standard InChI is InChI=1S/C13H10O3.2C2H6.I2/c14-12-9-5-4-8-11(12)13(15)16-10-6-2-1-3-7-10;3*1-2/h1-9,14H;2*1-2H3;. The highest BCUT2D eigenvalue weighted by molar-refractivity contribution is 15.0. The van der Waals surface area contributed by atoms with Crippen molar-refractivity contribution in [1.82, 2.24) is 0 Å². The van der Waals surface area contributed by atoms with E-state index >= 15 is 0 Å². The maximum atomic E-state index is 11.7. The van der Waals surface area contributed by atoms with Gasteiger partial charge in [-0.25, -0.2) is 4.79 Å². The van der Waals surface area contributed by atoms with E-state index in [1.807, 2.05) is 33.8 Å². The van der Waals surface area contributed by atoms with Crippen LogP contribution in [0, 0.1) is 0 Å². The molecule has 0 aliphatic rings. The minimum atomic E-state index is -0.565. The number of halogens is 2. The van der Waals surface area contributed by atoms with Crippen LogP contribution in [0.2, 0.25) is 0 Å². The molecule has 0 bridgehead atoms. The molecule has 0 radical (unpaired) electrons. The summed E-state index contributed by atoms with van der Waals surface area (Å²) in [5.41, 5.74) is 0.159. The fraction of sp³-hybridized carbons (Fsp3) is 0.235. The van der Waals surface area contributed by atoms with E-state index in [9.17, 15) is 9.90 Å². The lowest BCUT2D eigenvalue weighted by Gasteiger charge is -2.04. The minimum absolute atomic E-state index is 0.0802. The van der Waals surface area contributed by atoms with Crippen LogP contribution in [0.25, 0.3) is 0 Å². The second-order valence-corrected chi connectivity index (χ2v) is 3.22. The Morgan fingerprint density at radius 3 is 1.82 bits per heavy atom. The van der Waals surface area contributed by atoms with Crippen LogP contribution in [-0.2, 0) is 0 Å². The number of aromatic hydroxyl groups is 1. The second-order valence-electron chi connectivity index (χ2n) is 3.22. The van der Waals surface area contributed by atoms with Gasteiger partial charge in [0.2, 0.25) is 0 Å². The van der Waals surface area contributed by atoms with Gasteiger partial charge in [-0.1, -0.05) is 58.0 Å². The zero-order chi connectivity index (χ0) is 17.4. The summed E-state index contributed by atoms with van der Waals surface area (Å²) < 4.78 is 5.08. The molecule has 1 N–H and O–H groups in total. The fourth-order valence-corrected chi connectivity index (χ4v) is 1.30. The largest absolute Gasteiger partial charge is 0.507 e. The van der Waals surface area contributed by atoms with Gasteiger partial charge in [-0.05, 0) is 24.3 Å². The van der Waals surface area contributed by atoms with Crippen molar-refractivity contribution in [3.63, 3.8) is 0 Å². The van der Waals surface area contributed by atoms with Gasteiger partial charge in [-0.3, -0.25) is 0 Å². The van der Waals surface area contributed by atoms with Crippen LogP contribution < -0.4 is 4.74 Å². The average molecular weight is 528 g/mol. The molecule has 2 rings (SSSR count). The molecule has 2 aromatic rings. The molecule has 0 heterocycles. The van der Waals surface area contributed by atoms with Gasteiger partial charge in [0.15, 0.2) is 0 Å². The van der Waals surface area contributed by atoms with E-state index < -0.39 is 5.97 Å². The molecule has 0 aliphatic carbocycles. The number of carbonyl (C=O) groups is 1. The summed E-state index contributed by atoms with van der Waals surface area (Å²) in [5, 5.41) is 9.46. The highest BCUT2D eigenvalue weighted by Crippen LogP contribution is 2.18. The summed E-state index contributed by atoms with van der Waals surface area (Å²) in [6.07, 6.45) is 0. The van der Waals surface area contributed by atoms with Crippen LogP contribution in [-0.4, -0.2) is 11.1 Å². The predicted molar refractivity (Wildman–Crippen MR) is 110 cm³/mol. The quantitative estimate of drug-likeness (QED) is 0.278. The lowest BCUT2D eigenvalue weighted by atomic mass is 10.2. The van der Waals surface area contributed by atoms with Crippen molar-refractivity contribution in [2.45, 2.75) is 27.7 Å². The maximum absolute atomic E-state index is 11.7. The number of para-hydroxylation sites is 2. The first kappa shape index (κ1) is 23.4. The van der Waals surface area contributed by atoms with Crippen molar-refractivity contribution in [3.05, 3.63) is 60.2 Å². The van der Waals surface area contributed by atoms with E-state index in [0.717, 1.165) is 0 Å². The zero-order valence-corrected chi connectivity index (χ0v) is 17.5. The molecular weight excluding hydrogens is 506 g/mol. The number of ether oxygens (including phenoxy) is 1. The second kappa shape index (κ2) is 16.5. The molecule has 0 aromatic heterocycles. The molecule has 0 fully saturated rings. The number of hydrogen-bond acceptors (Lipinski definition) is 3. The van der Waals surface area contributed by atoms with E-state index in [1.54, 1.807) is 36.4 Å². The first-order valence-corrected chi connectivity index (χ1v) is 13.3. The third kappa shape index (κ3) is 9.24. The van der Waals surface area contributed by atoms with Crippen LogP contribution in [0.3, 0.4) is 0 Å². The van der Waals surface area contributed by atoms with Crippen molar-refractivity contribution in [2.75, 3.05) is 0 Å². The van der Waals surface area contributed by atoms with E-state index in [4.69, 9.17) is 4.74 Å². The van der Waals surface area contributed by atoms with E-state index in [-0.39, 0.29) is 11.3 Å². The zero-order valence-electron chi connectivity index (χ0n) is 13.2. The molecular formula is C17H22I2O3. The molecule has 0 saturated carbocycles. The molecule has 0 unspecified atom stereocenters. The Labute approximate surface area is 156 Å². The number of benzene rings is 2. The number of carbonyl (C=O) groups excluding carboxylic acids is 1. The highest BCUT2D eigenvalue weighted by atomic mass is 128. The molecule has 22 heavy (non-hydrogen) atoms. The SMILES string of the molecule is CC.CC.II.O=C(Oc1ccccc1)c1ccccc1O. The topological polar surface area (TPSA) is 46.5 Å². The smallest absolute Gasteiger partial charge is 0.347 e. The summed E-state index contributed by atoms with van der Waals surface area (Å²) in [6, 6.07) is 15.0. The lowest BCUT2D eigenvalue weighted by molar-refractivity contribution is 0.0731. The fourth-order valence-electron chi connectivity index (χ4n) is 1.30. The van der Waals surface area contributed by atoms with Crippen LogP contribution in [0.15, 0.2) is 54.6 Å². The summed E-state index contributed by atoms with van der Waals surface area (Å²) in [6.45, 7) is 8.00. The third-order valence-electron chi connectivity index (χ3n) is 2.08. The van der Waals surface area contributed by atoms with Gasteiger partial charge in [0.1, 0.15) is 17.1 Å². The summed E-state index contributed by atoms with van der Waals surface area (Å²) in [4.78, 5) is 11.7. The van der Waals surface area contributed by atoms with Gasteiger partial charge in [0.25, 0.3) is 0 Å². The van der Waals surface area contributed by atoms with Gasteiger partial charge in [0.05, 0.1) is 0 Å². The Bertz CT molecular complexity index is 502. The molecule has 0 aliphatic heterocycles. The Morgan fingerprint density at radius 1 is 0.864 bits per heavy atom. The van der Waals surface area contributed by atoms with Crippen LogP contribution in [0.4, 0.5) is 0 Å². The van der Waals surface area contributed by atoms with Crippen molar-refractivity contribution in [3.8, 4) is 11.5 Å². The monoisotopic (exact) mass is 528 g/mol. The van der Waals surface area contributed by atoms with Crippen molar-refractivity contribution < 1.29 is 14.6 Å². The number of phenolic OH excluding ortho intramolecular Hbond substituents is 1. The van der Waals surface area contributed by atoms with Crippen LogP contribution in [0.5, 0.6) is 11.5 Å². The molecule has 0 atom stereocenters. The molecule has 2 aromatic carbocycles. The van der Waals surface area contributed by atoms with Gasteiger partial charge in [-0.15, -0.1) is 0 Å². The lowest BCUT2D eigenvalue weighted by Crippen LogP contribution is -2.08. The first-order valence-electron chi connectivity index (χ1n) is 6.97. The van der Waals surface area contributed by atoms with Crippen molar-refractivity contribution in [1.29, 1.82) is 0 Å².